The molecule has 2 amide bonds. The number of piperidine rings is 1. The molecule has 0 atom stereocenters. The van der Waals surface area contributed by atoms with Crippen LogP contribution in [0.25, 0.3) is 10.2 Å². The molecule has 2 aromatic heterocycles. The summed E-state index contributed by atoms with van der Waals surface area (Å²) >= 11 is 0.872. The maximum absolute atomic E-state index is 13.7. The molecule has 3 rings (SSSR count). The van der Waals surface area contributed by atoms with E-state index in [1.165, 1.54) is 12.4 Å². The molecule has 30 heavy (non-hydrogen) atoms. The molecular weight excluding hydrogens is 417 g/mol. The second-order valence-corrected chi connectivity index (χ2v) is 8.67. The topological polar surface area (TPSA) is 74.3 Å². The van der Waals surface area contributed by atoms with Crippen LogP contribution in [0.5, 0.6) is 0 Å². The molecule has 1 aliphatic heterocycles. The summed E-state index contributed by atoms with van der Waals surface area (Å²) in [4.78, 5) is 30.3. The molecule has 6 nitrogen and oxygen atoms in total. The first-order valence-electron chi connectivity index (χ1n) is 9.86. The lowest BCUT2D eigenvalue weighted by Crippen LogP contribution is -2.37. The second kappa shape index (κ2) is 8.79. The normalized spacial score (nSPS) is 15.6. The molecule has 0 unspecified atom stereocenters. The molecule has 10 heteroatoms. The maximum Gasteiger partial charge on any atom is 0.417 e. The number of nitrogens with one attached hydrogen (secondary N) is 2. The van der Waals surface area contributed by atoms with Crippen LogP contribution in [0.15, 0.2) is 11.4 Å². The Kier molecular flexibility index (Phi) is 6.54. The van der Waals surface area contributed by atoms with Crippen LogP contribution in [0.3, 0.4) is 0 Å². The minimum absolute atomic E-state index is 0.00385. The smallest absolute Gasteiger partial charge is 0.357 e. The number of halogens is 3. The molecule has 1 aliphatic rings. The summed E-state index contributed by atoms with van der Waals surface area (Å²) in [6.07, 6.45) is -2.75. The first kappa shape index (κ1) is 22.3. The number of fused-ring (bicyclic) bond motifs is 1. The first-order valence-corrected chi connectivity index (χ1v) is 10.7. The number of carbonyl (C=O) groups excluding carboxylic acids is 2. The van der Waals surface area contributed by atoms with Crippen molar-refractivity contribution in [3.8, 4) is 0 Å². The Morgan fingerprint density at radius 2 is 1.97 bits per heavy atom. The molecule has 0 aliphatic carbocycles. The van der Waals surface area contributed by atoms with E-state index in [2.05, 4.69) is 15.6 Å². The fourth-order valence-corrected chi connectivity index (χ4v) is 4.70. The van der Waals surface area contributed by atoms with Crippen molar-refractivity contribution in [2.75, 3.05) is 25.0 Å². The van der Waals surface area contributed by atoms with E-state index in [1.54, 1.807) is 4.90 Å². The summed E-state index contributed by atoms with van der Waals surface area (Å²) in [7, 11) is 1.43. The minimum Gasteiger partial charge on any atom is -0.357 e. The van der Waals surface area contributed by atoms with Gasteiger partial charge in [0.15, 0.2) is 0 Å². The van der Waals surface area contributed by atoms with Crippen LogP contribution in [-0.2, 0) is 11.0 Å². The number of nitrogens with zero attached hydrogens (tertiary/aromatic N) is 2. The van der Waals surface area contributed by atoms with Crippen molar-refractivity contribution in [3.05, 3.63) is 22.6 Å². The van der Waals surface area contributed by atoms with E-state index in [4.69, 9.17) is 0 Å². The number of hydrogen-bond donors (Lipinski definition) is 2. The molecule has 3 heterocycles. The first-order chi connectivity index (χ1) is 14.1. The molecule has 0 bridgehead atoms. The highest BCUT2D eigenvalue weighted by molar-refractivity contribution is 7.17. The highest BCUT2D eigenvalue weighted by Gasteiger charge is 2.36. The number of carbonyl (C=O) groups is 2. The molecule has 164 valence electrons. The number of alkyl halides is 3. The van der Waals surface area contributed by atoms with E-state index in [0.717, 1.165) is 17.4 Å². The monoisotopic (exact) mass is 442 g/mol. The quantitative estimate of drug-likeness (QED) is 0.739. The van der Waals surface area contributed by atoms with Gasteiger partial charge in [0, 0.05) is 38.0 Å². The Bertz CT molecular complexity index is 934. The Morgan fingerprint density at radius 1 is 1.30 bits per heavy atom. The van der Waals surface area contributed by atoms with Crippen LogP contribution in [0.2, 0.25) is 0 Å². The van der Waals surface area contributed by atoms with Gasteiger partial charge >= 0.3 is 6.18 Å². The lowest BCUT2D eigenvalue weighted by atomic mass is 9.93. The van der Waals surface area contributed by atoms with Gasteiger partial charge in [-0.1, -0.05) is 0 Å². The average Bonchev–Trinajstić information content (AvgIpc) is 3.09. The van der Waals surface area contributed by atoms with Crippen molar-refractivity contribution < 1.29 is 22.8 Å². The number of anilines is 1. The van der Waals surface area contributed by atoms with Crippen molar-refractivity contribution in [2.24, 2.45) is 5.92 Å². The number of rotatable bonds is 5. The Balaban J connectivity index is 1.84. The summed E-state index contributed by atoms with van der Waals surface area (Å²) in [5.41, 5.74) is -0.561. The van der Waals surface area contributed by atoms with Gasteiger partial charge in [0.05, 0.1) is 21.3 Å². The second-order valence-electron chi connectivity index (χ2n) is 7.79. The van der Waals surface area contributed by atoms with E-state index >= 15 is 0 Å². The molecule has 0 radical (unpaired) electrons. The lowest BCUT2D eigenvalue weighted by molar-refractivity contribution is -0.136. The van der Waals surface area contributed by atoms with E-state index in [0.29, 0.717) is 32.4 Å². The van der Waals surface area contributed by atoms with Crippen molar-refractivity contribution in [3.63, 3.8) is 0 Å². The van der Waals surface area contributed by atoms with E-state index in [1.807, 2.05) is 13.8 Å². The number of amides is 2. The van der Waals surface area contributed by atoms with Crippen molar-refractivity contribution >= 4 is 39.2 Å². The SMILES string of the molecule is CNC(=O)c1csc2c(C(F)(F)F)cc(N3CCC(CC(=O)NC(C)C)CC3)nc12. The zero-order valence-corrected chi connectivity index (χ0v) is 17.9. The van der Waals surface area contributed by atoms with Crippen LogP contribution in [-0.4, -0.2) is 43.0 Å². The van der Waals surface area contributed by atoms with Gasteiger partial charge in [-0.05, 0) is 38.7 Å². The summed E-state index contributed by atoms with van der Waals surface area (Å²) < 4.78 is 41.0. The van der Waals surface area contributed by atoms with Crippen molar-refractivity contribution in [1.82, 2.24) is 15.6 Å². The largest absolute Gasteiger partial charge is 0.417 e. The predicted octanol–water partition coefficient (Wildman–Crippen LogP) is 3.81. The number of pyridine rings is 1. The highest BCUT2D eigenvalue weighted by Crippen LogP contribution is 2.40. The van der Waals surface area contributed by atoms with Gasteiger partial charge in [-0.3, -0.25) is 9.59 Å². The maximum atomic E-state index is 13.7. The molecule has 0 spiro atoms. The zero-order valence-electron chi connectivity index (χ0n) is 17.1. The van der Waals surface area contributed by atoms with Gasteiger partial charge < -0.3 is 15.5 Å². The van der Waals surface area contributed by atoms with Gasteiger partial charge in [0.25, 0.3) is 5.91 Å². The lowest BCUT2D eigenvalue weighted by Gasteiger charge is -2.33. The molecule has 0 saturated carbocycles. The highest BCUT2D eigenvalue weighted by atomic mass is 32.1. The molecular formula is C20H25F3N4O2S. The van der Waals surface area contributed by atoms with Crippen LogP contribution in [0.1, 0.15) is 49.0 Å². The number of thiophene rings is 1. The van der Waals surface area contributed by atoms with Crippen LogP contribution in [0, 0.1) is 5.92 Å². The Labute approximate surface area is 176 Å². The molecule has 2 N–H and O–H groups in total. The van der Waals surface area contributed by atoms with E-state index < -0.39 is 17.6 Å². The van der Waals surface area contributed by atoms with Crippen LogP contribution >= 0.6 is 11.3 Å². The number of aromatic nitrogens is 1. The third kappa shape index (κ3) is 4.85. The fourth-order valence-electron chi connectivity index (χ4n) is 3.67. The summed E-state index contributed by atoms with van der Waals surface area (Å²) in [5, 5.41) is 6.73. The minimum atomic E-state index is -4.55. The molecule has 1 saturated heterocycles. The Hall–Kier alpha value is -2.36. The predicted molar refractivity (Wildman–Crippen MR) is 111 cm³/mol. The number of hydrogen-bond acceptors (Lipinski definition) is 5. The third-order valence-corrected chi connectivity index (χ3v) is 6.15. The van der Waals surface area contributed by atoms with E-state index in [9.17, 15) is 22.8 Å². The molecule has 1 fully saturated rings. The van der Waals surface area contributed by atoms with Crippen LogP contribution in [0.4, 0.5) is 19.0 Å². The van der Waals surface area contributed by atoms with Gasteiger partial charge in [-0.15, -0.1) is 11.3 Å². The van der Waals surface area contributed by atoms with Crippen molar-refractivity contribution in [2.45, 2.75) is 45.3 Å². The van der Waals surface area contributed by atoms with Gasteiger partial charge in [0.2, 0.25) is 5.91 Å². The van der Waals surface area contributed by atoms with Gasteiger partial charge in [-0.25, -0.2) is 4.98 Å². The summed E-state index contributed by atoms with van der Waals surface area (Å²) in [6.45, 7) is 4.82. The zero-order chi connectivity index (χ0) is 22.1. The van der Waals surface area contributed by atoms with Gasteiger partial charge in [-0.2, -0.15) is 13.2 Å². The van der Waals surface area contributed by atoms with Crippen LogP contribution < -0.4 is 15.5 Å². The molecule has 0 aromatic carbocycles. The fraction of sp³-hybridized carbons (Fsp3) is 0.550. The summed E-state index contributed by atoms with van der Waals surface area (Å²) in [5.74, 6) is -0.0680. The standard InChI is InChI=1S/C20H25F3N4O2S/c1-11(2)25-16(28)8-12-4-6-27(7-5-12)15-9-14(20(21,22)23)18-17(26-15)13(10-30-18)19(29)24-3/h9-12H,4-8H2,1-3H3,(H,24,29)(H,25,28). The van der Waals surface area contributed by atoms with E-state index in [-0.39, 0.29) is 39.5 Å². The molecule has 2 aromatic rings. The summed E-state index contributed by atoms with van der Waals surface area (Å²) in [6, 6.07) is 1.15. The third-order valence-electron chi connectivity index (χ3n) is 5.15. The average molecular weight is 443 g/mol. The Morgan fingerprint density at radius 3 is 2.53 bits per heavy atom. The van der Waals surface area contributed by atoms with Crippen molar-refractivity contribution in [1.29, 1.82) is 0 Å². The van der Waals surface area contributed by atoms with Gasteiger partial charge in [0.1, 0.15) is 5.82 Å².